The van der Waals surface area contributed by atoms with Crippen LogP contribution >= 0.6 is 0 Å². The lowest BCUT2D eigenvalue weighted by atomic mass is 10.0. The van der Waals surface area contributed by atoms with E-state index >= 15 is 0 Å². The van der Waals surface area contributed by atoms with E-state index in [1.807, 2.05) is 19.1 Å². The Morgan fingerprint density at radius 2 is 1.15 bits per heavy atom. The van der Waals surface area contributed by atoms with Gasteiger partial charge in [-0.15, -0.1) is 0 Å². The molecule has 0 atom stereocenters. The van der Waals surface area contributed by atoms with Crippen LogP contribution in [0.15, 0.2) is 66.7 Å². The second-order valence-electron chi connectivity index (χ2n) is 10.2. The van der Waals surface area contributed by atoms with Gasteiger partial charge in [-0.05, 0) is 80.4 Å². The molecule has 2 heterocycles. The van der Waals surface area contributed by atoms with E-state index in [9.17, 15) is 35.9 Å². The summed E-state index contributed by atoms with van der Waals surface area (Å²) in [6.07, 6.45) is -9.46. The molecule has 0 fully saturated rings. The van der Waals surface area contributed by atoms with Crippen LogP contribution in [0.2, 0.25) is 0 Å². The van der Waals surface area contributed by atoms with Gasteiger partial charge >= 0.3 is 12.4 Å². The molecule has 0 spiro atoms. The Labute approximate surface area is 229 Å². The zero-order valence-corrected chi connectivity index (χ0v) is 21.8. The molecule has 1 aromatic heterocycles. The number of carbonyl (C=O) groups excluding carboxylic acids is 2. The van der Waals surface area contributed by atoms with Crippen LogP contribution in [0.3, 0.4) is 0 Å². The molecule has 0 radical (unpaired) electrons. The summed E-state index contributed by atoms with van der Waals surface area (Å²) in [5.41, 5.74) is 1.31. The average molecular weight is 567 g/mol. The predicted molar refractivity (Wildman–Crippen MR) is 143 cm³/mol. The van der Waals surface area contributed by atoms with Crippen molar-refractivity contribution in [2.24, 2.45) is 0 Å². The molecule has 2 amide bonds. The number of fused-ring (bicyclic) bond motifs is 4. The summed E-state index contributed by atoms with van der Waals surface area (Å²) in [4.78, 5) is 28.6. The SMILES string of the molecule is Cc1cc(C)c(N2C(=O)c3cccc(-n4c5ccc(C(F)(F)F)cc5c5cc(C(F)(F)F)ccc54)c3C2=O)c(C)c1. The monoisotopic (exact) mass is 566 g/mol. The first-order valence-electron chi connectivity index (χ1n) is 12.5. The van der Waals surface area contributed by atoms with Gasteiger partial charge in [0.1, 0.15) is 0 Å². The molecule has 1 aliphatic rings. The van der Waals surface area contributed by atoms with Gasteiger partial charge in [0.2, 0.25) is 0 Å². The fourth-order valence-electron chi connectivity index (χ4n) is 5.82. The van der Waals surface area contributed by atoms with E-state index in [0.717, 1.165) is 46.9 Å². The standard InChI is InChI=1S/C31H20F6N2O2/c1-15-11-16(2)27(17(3)12-15)39-28(40)20-5-4-6-25(26(20)29(39)41)38-23-9-7-18(30(32,33)34)13-21(23)22-14-19(31(35,36)37)8-10-24(22)38/h4-14H,1-3H3. The van der Waals surface area contributed by atoms with Gasteiger partial charge in [-0.2, -0.15) is 26.3 Å². The maximum absolute atomic E-state index is 14.0. The highest BCUT2D eigenvalue weighted by atomic mass is 19.4. The Bertz CT molecular complexity index is 1850. The van der Waals surface area contributed by atoms with Crippen molar-refractivity contribution in [3.8, 4) is 5.69 Å². The van der Waals surface area contributed by atoms with E-state index in [0.29, 0.717) is 16.8 Å². The van der Waals surface area contributed by atoms with Gasteiger partial charge in [-0.25, -0.2) is 4.90 Å². The topological polar surface area (TPSA) is 42.3 Å². The third-order valence-corrected chi connectivity index (χ3v) is 7.41. The summed E-state index contributed by atoms with van der Waals surface area (Å²) in [5.74, 6) is -1.20. The Balaban J connectivity index is 1.65. The smallest absolute Gasteiger partial charge is 0.308 e. The lowest BCUT2D eigenvalue weighted by Crippen LogP contribution is -2.31. The van der Waals surface area contributed by atoms with Crippen LogP contribution in [0.4, 0.5) is 32.0 Å². The average Bonchev–Trinajstić information content (AvgIpc) is 3.34. The van der Waals surface area contributed by atoms with Crippen molar-refractivity contribution in [2.75, 3.05) is 4.90 Å². The van der Waals surface area contributed by atoms with E-state index in [1.165, 1.54) is 22.8 Å². The molecule has 4 aromatic carbocycles. The second kappa shape index (κ2) is 8.70. The molecule has 0 saturated carbocycles. The number of rotatable bonds is 2. The van der Waals surface area contributed by atoms with Gasteiger partial charge < -0.3 is 4.57 Å². The zero-order valence-electron chi connectivity index (χ0n) is 21.8. The molecule has 208 valence electrons. The minimum Gasteiger partial charge on any atom is -0.308 e. The van der Waals surface area contributed by atoms with Gasteiger partial charge in [-0.3, -0.25) is 9.59 Å². The Hall–Kier alpha value is -4.60. The van der Waals surface area contributed by atoms with E-state index in [4.69, 9.17) is 0 Å². The first-order chi connectivity index (χ1) is 19.2. The fraction of sp³-hybridized carbons (Fsp3) is 0.161. The van der Waals surface area contributed by atoms with E-state index < -0.39 is 35.3 Å². The first kappa shape index (κ1) is 26.6. The normalized spacial score (nSPS) is 14.0. The third-order valence-electron chi connectivity index (χ3n) is 7.41. The van der Waals surface area contributed by atoms with Crippen LogP contribution in [-0.2, 0) is 12.4 Å². The Morgan fingerprint density at radius 3 is 1.63 bits per heavy atom. The molecule has 0 saturated heterocycles. The molecule has 0 unspecified atom stereocenters. The number of halogens is 6. The predicted octanol–water partition coefficient (Wildman–Crippen LogP) is 8.55. The summed E-state index contributed by atoms with van der Waals surface area (Å²) in [6.45, 7) is 5.45. The van der Waals surface area contributed by atoms with Crippen LogP contribution in [0.25, 0.3) is 27.5 Å². The van der Waals surface area contributed by atoms with Crippen molar-refractivity contribution in [3.63, 3.8) is 0 Å². The summed E-state index contributed by atoms with van der Waals surface area (Å²) in [5, 5.41) is -0.144. The van der Waals surface area contributed by atoms with Crippen molar-refractivity contribution >= 4 is 39.3 Å². The first-order valence-corrected chi connectivity index (χ1v) is 12.5. The number of aryl methyl sites for hydroxylation is 3. The van der Waals surface area contributed by atoms with Crippen molar-refractivity contribution in [1.82, 2.24) is 4.57 Å². The molecular formula is C31H20F6N2O2. The minimum absolute atomic E-state index is 0.00970. The maximum Gasteiger partial charge on any atom is 0.416 e. The Kier molecular flexibility index (Phi) is 5.65. The highest BCUT2D eigenvalue weighted by Crippen LogP contribution is 2.42. The summed E-state index contributed by atoms with van der Waals surface area (Å²) < 4.78 is 83.1. The fourth-order valence-corrected chi connectivity index (χ4v) is 5.82. The molecule has 41 heavy (non-hydrogen) atoms. The van der Waals surface area contributed by atoms with Crippen LogP contribution in [0, 0.1) is 20.8 Å². The quantitative estimate of drug-likeness (QED) is 0.159. The molecule has 4 nitrogen and oxygen atoms in total. The molecule has 0 aliphatic carbocycles. The van der Waals surface area contributed by atoms with Crippen LogP contribution in [0.1, 0.15) is 48.5 Å². The van der Waals surface area contributed by atoms with Gasteiger partial charge in [0, 0.05) is 10.8 Å². The number of alkyl halides is 6. The minimum atomic E-state index is -4.73. The van der Waals surface area contributed by atoms with Crippen molar-refractivity contribution in [2.45, 2.75) is 33.1 Å². The summed E-state index contributed by atoms with van der Waals surface area (Å²) >= 11 is 0. The van der Waals surface area contributed by atoms with E-state index in [1.54, 1.807) is 13.8 Å². The maximum atomic E-state index is 14.0. The molecular weight excluding hydrogens is 546 g/mol. The number of carbonyl (C=O) groups is 2. The molecule has 10 heteroatoms. The van der Waals surface area contributed by atoms with Gasteiger partial charge in [0.25, 0.3) is 11.8 Å². The van der Waals surface area contributed by atoms with E-state index in [-0.39, 0.29) is 38.6 Å². The molecule has 5 aromatic rings. The number of hydrogen-bond donors (Lipinski definition) is 0. The molecule has 0 N–H and O–H groups in total. The molecule has 0 bridgehead atoms. The summed E-state index contributed by atoms with van der Waals surface area (Å²) in [7, 11) is 0. The number of imide groups is 1. The number of aromatic nitrogens is 1. The highest BCUT2D eigenvalue weighted by molar-refractivity contribution is 6.36. The number of nitrogens with zero attached hydrogens (tertiary/aromatic N) is 2. The van der Waals surface area contributed by atoms with Crippen molar-refractivity contribution in [3.05, 3.63) is 106 Å². The van der Waals surface area contributed by atoms with Crippen LogP contribution in [-0.4, -0.2) is 16.4 Å². The number of anilines is 1. The van der Waals surface area contributed by atoms with Gasteiger partial charge in [0.15, 0.2) is 0 Å². The van der Waals surface area contributed by atoms with Gasteiger partial charge in [-0.1, -0.05) is 23.8 Å². The van der Waals surface area contributed by atoms with Crippen LogP contribution in [0.5, 0.6) is 0 Å². The Morgan fingerprint density at radius 1 is 0.634 bits per heavy atom. The molecule has 6 rings (SSSR count). The zero-order chi connectivity index (χ0) is 29.6. The van der Waals surface area contributed by atoms with Crippen molar-refractivity contribution < 1.29 is 35.9 Å². The van der Waals surface area contributed by atoms with Crippen LogP contribution < -0.4 is 4.90 Å². The number of amides is 2. The largest absolute Gasteiger partial charge is 0.416 e. The van der Waals surface area contributed by atoms with Crippen molar-refractivity contribution in [1.29, 1.82) is 0 Å². The number of benzene rings is 4. The molecule has 1 aliphatic heterocycles. The second-order valence-corrected chi connectivity index (χ2v) is 10.2. The van der Waals surface area contributed by atoms with E-state index in [2.05, 4.69) is 0 Å². The third kappa shape index (κ3) is 4.00. The lowest BCUT2D eigenvalue weighted by molar-refractivity contribution is -0.138. The number of hydrogen-bond acceptors (Lipinski definition) is 2. The highest BCUT2D eigenvalue weighted by Gasteiger charge is 2.41. The lowest BCUT2D eigenvalue weighted by Gasteiger charge is -2.20. The summed E-state index contributed by atoms with van der Waals surface area (Å²) in [6, 6.07) is 13.8. The van der Waals surface area contributed by atoms with Gasteiger partial charge in [0.05, 0.1) is 44.7 Å².